The first-order valence-corrected chi connectivity index (χ1v) is 9.76. The van der Waals surface area contributed by atoms with E-state index >= 15 is 0 Å². The van der Waals surface area contributed by atoms with Gasteiger partial charge in [-0.15, -0.1) is 5.10 Å². The smallest absolute Gasteiger partial charge is 0.169 e. The van der Waals surface area contributed by atoms with Crippen LogP contribution < -0.4 is 5.32 Å². The highest BCUT2D eigenvalue weighted by Gasteiger charge is 2.34. The number of ketones is 1. The van der Waals surface area contributed by atoms with Crippen molar-refractivity contribution in [1.82, 2.24) is 9.78 Å². The molecule has 0 radical (unpaired) electrons. The van der Waals surface area contributed by atoms with Crippen LogP contribution in [0.15, 0.2) is 77.4 Å². The number of hydrogen-bond acceptors (Lipinski definition) is 4. The van der Waals surface area contributed by atoms with Crippen LogP contribution in [0.4, 0.5) is 11.5 Å². The third-order valence-corrected chi connectivity index (χ3v) is 5.39. The summed E-state index contributed by atoms with van der Waals surface area (Å²) in [6.07, 6.45) is 2.78. The fourth-order valence-corrected chi connectivity index (χ4v) is 3.93. The molecule has 29 heavy (non-hydrogen) atoms. The Morgan fingerprint density at radius 3 is 2.52 bits per heavy atom. The fourth-order valence-electron chi connectivity index (χ4n) is 3.93. The summed E-state index contributed by atoms with van der Waals surface area (Å²) in [6, 6.07) is 21.8. The summed E-state index contributed by atoms with van der Waals surface area (Å²) in [5, 5.41) is 8.15. The lowest BCUT2D eigenvalue weighted by Crippen LogP contribution is -2.20. The van der Waals surface area contributed by atoms with Crippen LogP contribution in [0.1, 0.15) is 39.7 Å². The van der Waals surface area contributed by atoms with Gasteiger partial charge in [-0.2, -0.15) is 0 Å². The van der Waals surface area contributed by atoms with Crippen molar-refractivity contribution in [2.45, 2.75) is 25.7 Å². The molecule has 2 heterocycles. The van der Waals surface area contributed by atoms with E-state index in [1.807, 2.05) is 78.3 Å². The van der Waals surface area contributed by atoms with Crippen molar-refractivity contribution in [3.8, 4) is 5.69 Å². The second-order valence-corrected chi connectivity index (χ2v) is 7.45. The second kappa shape index (κ2) is 7.09. The van der Waals surface area contributed by atoms with Crippen molar-refractivity contribution >= 4 is 17.3 Å². The number of rotatable bonds is 4. The number of aromatic nitrogens is 2. The van der Waals surface area contributed by atoms with Crippen LogP contribution >= 0.6 is 0 Å². The van der Waals surface area contributed by atoms with E-state index in [2.05, 4.69) is 5.32 Å². The Balaban J connectivity index is 1.60. The number of carbonyl (C=O) groups excluding carboxylic acids is 1. The molecule has 144 valence electrons. The van der Waals surface area contributed by atoms with Gasteiger partial charge in [0.05, 0.1) is 23.2 Å². The molecular weight excluding hydrogens is 362 g/mol. The number of carbonyl (C=O) groups is 1. The van der Waals surface area contributed by atoms with E-state index in [4.69, 9.17) is 9.52 Å². The summed E-state index contributed by atoms with van der Waals surface area (Å²) in [6.45, 7) is 2.05. The zero-order chi connectivity index (χ0) is 19.8. The Morgan fingerprint density at radius 1 is 1.00 bits per heavy atom. The lowest BCUT2D eigenvalue weighted by molar-refractivity contribution is 0.0960. The molecule has 0 fully saturated rings. The third-order valence-electron chi connectivity index (χ3n) is 5.39. The van der Waals surface area contributed by atoms with E-state index in [1.165, 1.54) is 5.56 Å². The van der Waals surface area contributed by atoms with Crippen molar-refractivity contribution < 1.29 is 9.21 Å². The number of benzene rings is 2. The van der Waals surface area contributed by atoms with Gasteiger partial charge in [-0.05, 0) is 43.3 Å². The van der Waals surface area contributed by atoms with Gasteiger partial charge < -0.3 is 9.73 Å². The number of Topliss-reactive ketones (excluding diaryl/α,β-unsaturated/α-hetero) is 1. The SMILES string of the molecule is Cc1ccc(Nc2nn(-c3ccccc3)c3c2C(=O)CC(c2ccco2)C3)cc1. The molecule has 0 saturated heterocycles. The van der Waals surface area contributed by atoms with E-state index in [1.54, 1.807) is 6.26 Å². The van der Waals surface area contributed by atoms with Gasteiger partial charge in [0.1, 0.15) is 5.76 Å². The average molecular weight is 383 g/mol. The molecule has 0 amide bonds. The maximum absolute atomic E-state index is 13.2. The summed E-state index contributed by atoms with van der Waals surface area (Å²) in [7, 11) is 0. The second-order valence-electron chi connectivity index (χ2n) is 7.45. The summed E-state index contributed by atoms with van der Waals surface area (Å²) < 4.78 is 7.49. The molecule has 5 rings (SSSR count). The number of nitrogens with one attached hydrogen (secondary N) is 1. The first kappa shape index (κ1) is 17.5. The Morgan fingerprint density at radius 2 is 1.79 bits per heavy atom. The Labute approximate surface area is 169 Å². The number of aryl methyl sites for hydroxylation is 1. The molecule has 0 bridgehead atoms. The lowest BCUT2D eigenvalue weighted by atomic mass is 9.85. The van der Waals surface area contributed by atoms with Gasteiger partial charge in [-0.25, -0.2) is 4.68 Å². The predicted octanol–water partition coefficient (Wildman–Crippen LogP) is 5.43. The average Bonchev–Trinajstić information content (AvgIpc) is 3.39. The number of para-hydroxylation sites is 1. The van der Waals surface area contributed by atoms with Gasteiger partial charge in [0, 0.05) is 24.4 Å². The molecule has 5 heteroatoms. The first-order chi connectivity index (χ1) is 14.2. The van der Waals surface area contributed by atoms with Gasteiger partial charge in [0.15, 0.2) is 11.6 Å². The van der Waals surface area contributed by atoms with Crippen LogP contribution in [0.25, 0.3) is 5.69 Å². The van der Waals surface area contributed by atoms with Crippen molar-refractivity contribution in [2.75, 3.05) is 5.32 Å². The minimum atomic E-state index is 0.0244. The topological polar surface area (TPSA) is 60.1 Å². The summed E-state index contributed by atoms with van der Waals surface area (Å²) >= 11 is 0. The van der Waals surface area contributed by atoms with E-state index in [9.17, 15) is 4.79 Å². The summed E-state index contributed by atoms with van der Waals surface area (Å²) in [5.41, 5.74) is 4.64. The van der Waals surface area contributed by atoms with Crippen molar-refractivity contribution in [2.24, 2.45) is 0 Å². The fraction of sp³-hybridized carbons (Fsp3) is 0.167. The molecule has 1 N–H and O–H groups in total. The summed E-state index contributed by atoms with van der Waals surface area (Å²) in [5.74, 6) is 1.56. The van der Waals surface area contributed by atoms with Crippen molar-refractivity contribution in [3.63, 3.8) is 0 Å². The standard InChI is InChI=1S/C24H21N3O2/c1-16-9-11-18(12-10-16)25-24-23-20(27(26-24)19-6-3-2-4-7-19)14-17(15-21(23)28)22-8-5-13-29-22/h2-13,17H,14-15H2,1H3,(H,25,26). The normalized spacial score (nSPS) is 15.9. The van der Waals surface area contributed by atoms with Crippen LogP contribution in [-0.2, 0) is 6.42 Å². The Hall–Kier alpha value is -3.60. The summed E-state index contributed by atoms with van der Waals surface area (Å²) in [4.78, 5) is 13.2. The van der Waals surface area contributed by atoms with Gasteiger partial charge in [-0.3, -0.25) is 4.79 Å². The highest BCUT2D eigenvalue weighted by atomic mass is 16.3. The van der Waals surface area contributed by atoms with Gasteiger partial charge in [0.2, 0.25) is 0 Å². The Bertz CT molecular complexity index is 1140. The highest BCUT2D eigenvalue weighted by Crippen LogP contribution is 2.38. The van der Waals surface area contributed by atoms with E-state index in [0.29, 0.717) is 24.2 Å². The van der Waals surface area contributed by atoms with Gasteiger partial charge in [-0.1, -0.05) is 35.9 Å². The van der Waals surface area contributed by atoms with Crippen LogP contribution in [0.2, 0.25) is 0 Å². The number of hydrogen-bond donors (Lipinski definition) is 1. The molecule has 1 unspecified atom stereocenters. The molecule has 5 nitrogen and oxygen atoms in total. The quantitative estimate of drug-likeness (QED) is 0.510. The molecule has 1 aliphatic rings. The van der Waals surface area contributed by atoms with E-state index in [-0.39, 0.29) is 11.7 Å². The number of nitrogens with zero attached hydrogens (tertiary/aromatic N) is 2. The largest absolute Gasteiger partial charge is 0.469 e. The number of furan rings is 1. The Kier molecular flexibility index (Phi) is 4.28. The molecule has 4 aromatic rings. The number of anilines is 2. The zero-order valence-corrected chi connectivity index (χ0v) is 16.1. The van der Waals surface area contributed by atoms with Crippen molar-refractivity contribution in [3.05, 3.63) is 95.6 Å². The third kappa shape index (κ3) is 3.25. The molecule has 2 aromatic carbocycles. The first-order valence-electron chi connectivity index (χ1n) is 9.76. The van der Waals surface area contributed by atoms with Crippen LogP contribution in [0.5, 0.6) is 0 Å². The van der Waals surface area contributed by atoms with Crippen LogP contribution in [0, 0.1) is 6.92 Å². The molecule has 0 saturated carbocycles. The van der Waals surface area contributed by atoms with Crippen molar-refractivity contribution in [1.29, 1.82) is 0 Å². The van der Waals surface area contributed by atoms with Gasteiger partial charge in [0.25, 0.3) is 0 Å². The molecule has 0 aliphatic heterocycles. The molecule has 1 aliphatic carbocycles. The predicted molar refractivity (Wildman–Crippen MR) is 112 cm³/mol. The molecule has 2 aromatic heterocycles. The van der Waals surface area contributed by atoms with Crippen LogP contribution in [-0.4, -0.2) is 15.6 Å². The lowest BCUT2D eigenvalue weighted by Gasteiger charge is -2.21. The maximum atomic E-state index is 13.2. The van der Waals surface area contributed by atoms with Crippen LogP contribution in [0.3, 0.4) is 0 Å². The number of fused-ring (bicyclic) bond motifs is 1. The van der Waals surface area contributed by atoms with E-state index in [0.717, 1.165) is 22.8 Å². The monoisotopic (exact) mass is 383 g/mol. The van der Waals surface area contributed by atoms with Gasteiger partial charge >= 0.3 is 0 Å². The molecule has 1 atom stereocenters. The molecular formula is C24H21N3O2. The van der Waals surface area contributed by atoms with E-state index < -0.39 is 0 Å². The maximum Gasteiger partial charge on any atom is 0.169 e. The zero-order valence-electron chi connectivity index (χ0n) is 16.1. The highest BCUT2D eigenvalue weighted by molar-refractivity contribution is 6.03. The minimum absolute atomic E-state index is 0.0244. The minimum Gasteiger partial charge on any atom is -0.469 e. The molecule has 0 spiro atoms.